The van der Waals surface area contributed by atoms with Crippen molar-refractivity contribution in [3.63, 3.8) is 0 Å². The molecule has 3 aromatic rings. The summed E-state index contributed by atoms with van der Waals surface area (Å²) in [4.78, 5) is 29.7. The number of amides is 2. The first-order chi connectivity index (χ1) is 12.0. The second-order valence-corrected chi connectivity index (χ2v) is 7.62. The van der Waals surface area contributed by atoms with Crippen molar-refractivity contribution in [1.29, 1.82) is 0 Å². The number of carbonyl (C=O) groups excluding carboxylic acids is 2. The van der Waals surface area contributed by atoms with E-state index in [4.69, 9.17) is 0 Å². The summed E-state index contributed by atoms with van der Waals surface area (Å²) < 4.78 is 26.3. The summed E-state index contributed by atoms with van der Waals surface area (Å²) in [7, 11) is -3.76. The Kier molecular flexibility index (Phi) is 3.43. The Labute approximate surface area is 143 Å². The van der Waals surface area contributed by atoms with E-state index in [1.54, 1.807) is 48.5 Å². The SMILES string of the molecule is O=C1c2ccccc2C(=O)N1CCS(=O)(=O)n1cnc2ccccc21. The molecule has 0 bridgehead atoms. The third kappa shape index (κ3) is 2.42. The molecule has 4 rings (SSSR count). The molecule has 0 atom stereocenters. The minimum atomic E-state index is -3.76. The molecule has 2 amide bonds. The number of hydrogen-bond acceptors (Lipinski definition) is 5. The summed E-state index contributed by atoms with van der Waals surface area (Å²) in [5.41, 5.74) is 1.63. The lowest BCUT2D eigenvalue weighted by Crippen LogP contribution is -2.35. The van der Waals surface area contributed by atoms with Crippen LogP contribution in [0.2, 0.25) is 0 Å². The van der Waals surface area contributed by atoms with Crippen molar-refractivity contribution in [3.8, 4) is 0 Å². The molecule has 126 valence electrons. The van der Waals surface area contributed by atoms with Crippen LogP contribution in [0.1, 0.15) is 20.7 Å². The smallest absolute Gasteiger partial charge is 0.261 e. The molecule has 1 aliphatic rings. The molecule has 0 saturated carbocycles. The van der Waals surface area contributed by atoms with Crippen molar-refractivity contribution in [1.82, 2.24) is 13.9 Å². The van der Waals surface area contributed by atoms with E-state index in [2.05, 4.69) is 4.98 Å². The van der Waals surface area contributed by atoms with Crippen LogP contribution in [0.5, 0.6) is 0 Å². The second-order valence-electron chi connectivity index (χ2n) is 5.65. The highest BCUT2D eigenvalue weighted by Gasteiger charge is 2.35. The third-order valence-electron chi connectivity index (χ3n) is 4.17. The van der Waals surface area contributed by atoms with Crippen LogP contribution in [0.15, 0.2) is 54.9 Å². The van der Waals surface area contributed by atoms with Crippen molar-refractivity contribution in [2.24, 2.45) is 0 Å². The Morgan fingerprint density at radius 1 is 0.880 bits per heavy atom. The van der Waals surface area contributed by atoms with Gasteiger partial charge in [0.15, 0.2) is 0 Å². The van der Waals surface area contributed by atoms with Gasteiger partial charge in [-0.15, -0.1) is 0 Å². The summed E-state index contributed by atoms with van der Waals surface area (Å²) in [6, 6.07) is 13.3. The van der Waals surface area contributed by atoms with Gasteiger partial charge < -0.3 is 0 Å². The molecule has 0 fully saturated rings. The summed E-state index contributed by atoms with van der Waals surface area (Å²) >= 11 is 0. The lowest BCUT2D eigenvalue weighted by atomic mass is 10.1. The fourth-order valence-corrected chi connectivity index (χ4v) is 4.16. The third-order valence-corrected chi connectivity index (χ3v) is 5.76. The maximum absolute atomic E-state index is 12.6. The van der Waals surface area contributed by atoms with E-state index in [-0.39, 0.29) is 12.3 Å². The minimum Gasteiger partial charge on any atom is -0.273 e. The zero-order valence-electron chi connectivity index (χ0n) is 13.0. The van der Waals surface area contributed by atoms with E-state index in [0.29, 0.717) is 22.2 Å². The van der Waals surface area contributed by atoms with Crippen molar-refractivity contribution in [3.05, 3.63) is 66.0 Å². The zero-order chi connectivity index (χ0) is 17.6. The van der Waals surface area contributed by atoms with Crippen LogP contribution in [0.3, 0.4) is 0 Å². The van der Waals surface area contributed by atoms with E-state index in [0.717, 1.165) is 8.87 Å². The summed E-state index contributed by atoms with van der Waals surface area (Å²) in [5, 5.41) is 0. The summed E-state index contributed by atoms with van der Waals surface area (Å²) in [5.74, 6) is -1.31. The largest absolute Gasteiger partial charge is 0.273 e. The van der Waals surface area contributed by atoms with Crippen LogP contribution in [0, 0.1) is 0 Å². The molecule has 0 unspecified atom stereocenters. The summed E-state index contributed by atoms with van der Waals surface area (Å²) in [6.45, 7) is -0.207. The Hall–Kier alpha value is -3.00. The van der Waals surface area contributed by atoms with E-state index in [1.807, 2.05) is 0 Å². The van der Waals surface area contributed by atoms with Gasteiger partial charge in [-0.2, -0.15) is 0 Å². The molecule has 0 aliphatic carbocycles. The van der Waals surface area contributed by atoms with Gasteiger partial charge in [-0.1, -0.05) is 24.3 Å². The normalized spacial score (nSPS) is 14.3. The fraction of sp³-hybridized carbons (Fsp3) is 0.118. The van der Waals surface area contributed by atoms with E-state index in [1.165, 1.54) is 6.33 Å². The van der Waals surface area contributed by atoms with Crippen molar-refractivity contribution >= 4 is 32.9 Å². The van der Waals surface area contributed by atoms with Crippen LogP contribution < -0.4 is 0 Å². The molecule has 25 heavy (non-hydrogen) atoms. The van der Waals surface area contributed by atoms with Gasteiger partial charge in [-0.3, -0.25) is 14.5 Å². The van der Waals surface area contributed by atoms with Crippen molar-refractivity contribution in [2.45, 2.75) is 0 Å². The van der Waals surface area contributed by atoms with E-state index >= 15 is 0 Å². The van der Waals surface area contributed by atoms with Gasteiger partial charge in [0.25, 0.3) is 11.8 Å². The monoisotopic (exact) mass is 355 g/mol. The van der Waals surface area contributed by atoms with E-state index in [9.17, 15) is 18.0 Å². The van der Waals surface area contributed by atoms with Crippen LogP contribution in [0.4, 0.5) is 0 Å². The van der Waals surface area contributed by atoms with Crippen LogP contribution >= 0.6 is 0 Å². The molecule has 2 heterocycles. The van der Waals surface area contributed by atoms with Crippen LogP contribution in [0.25, 0.3) is 11.0 Å². The van der Waals surface area contributed by atoms with Crippen LogP contribution in [-0.2, 0) is 10.0 Å². The summed E-state index contributed by atoms with van der Waals surface area (Å²) in [6.07, 6.45) is 1.24. The topological polar surface area (TPSA) is 89.3 Å². The van der Waals surface area contributed by atoms with Gasteiger partial charge >= 0.3 is 0 Å². The molecule has 0 saturated heterocycles. The Morgan fingerprint density at radius 2 is 1.48 bits per heavy atom. The highest BCUT2D eigenvalue weighted by Crippen LogP contribution is 2.22. The number of carbonyl (C=O) groups is 2. The molecule has 1 aromatic heterocycles. The zero-order valence-corrected chi connectivity index (χ0v) is 13.8. The Bertz CT molecular complexity index is 1080. The average molecular weight is 355 g/mol. The maximum atomic E-state index is 12.6. The second kappa shape index (κ2) is 5.52. The first-order valence-electron chi connectivity index (χ1n) is 7.59. The van der Waals surface area contributed by atoms with Gasteiger partial charge in [0, 0.05) is 6.54 Å². The molecule has 1 aliphatic heterocycles. The lowest BCUT2D eigenvalue weighted by Gasteiger charge is -2.14. The lowest BCUT2D eigenvalue weighted by molar-refractivity contribution is 0.0664. The quantitative estimate of drug-likeness (QED) is 0.662. The number of para-hydroxylation sites is 2. The van der Waals surface area contributed by atoms with Gasteiger partial charge in [0.1, 0.15) is 6.33 Å². The Balaban J connectivity index is 1.59. The first-order valence-corrected chi connectivity index (χ1v) is 9.20. The highest BCUT2D eigenvalue weighted by atomic mass is 32.2. The number of rotatable bonds is 4. The molecule has 2 aromatic carbocycles. The van der Waals surface area contributed by atoms with Gasteiger partial charge in [0.05, 0.1) is 27.9 Å². The number of imidazole rings is 1. The number of fused-ring (bicyclic) bond motifs is 2. The standard InChI is InChI=1S/C17H13N3O4S/c21-16-12-5-1-2-6-13(12)17(22)19(16)9-10-25(23,24)20-11-18-14-7-3-4-8-15(14)20/h1-8,11H,9-10H2. The van der Waals surface area contributed by atoms with Crippen LogP contribution in [-0.4, -0.2) is 46.4 Å². The minimum absolute atomic E-state index is 0.207. The van der Waals surface area contributed by atoms with Crippen molar-refractivity contribution < 1.29 is 18.0 Å². The van der Waals surface area contributed by atoms with Crippen molar-refractivity contribution in [2.75, 3.05) is 12.3 Å². The number of hydrogen-bond donors (Lipinski definition) is 0. The average Bonchev–Trinajstić information content (AvgIpc) is 3.15. The number of aromatic nitrogens is 2. The van der Waals surface area contributed by atoms with Gasteiger partial charge in [-0.25, -0.2) is 17.4 Å². The molecule has 0 N–H and O–H groups in total. The number of imide groups is 1. The molecular formula is C17H13N3O4S. The molecule has 7 nitrogen and oxygen atoms in total. The van der Waals surface area contributed by atoms with Gasteiger partial charge in [0.2, 0.25) is 10.0 Å². The highest BCUT2D eigenvalue weighted by molar-refractivity contribution is 7.90. The number of nitrogens with zero attached hydrogens (tertiary/aromatic N) is 3. The Morgan fingerprint density at radius 3 is 2.16 bits per heavy atom. The van der Waals surface area contributed by atoms with E-state index < -0.39 is 21.8 Å². The number of benzene rings is 2. The molecule has 0 spiro atoms. The molecular weight excluding hydrogens is 342 g/mol. The predicted molar refractivity (Wildman–Crippen MR) is 90.7 cm³/mol. The van der Waals surface area contributed by atoms with Gasteiger partial charge in [-0.05, 0) is 24.3 Å². The maximum Gasteiger partial charge on any atom is 0.261 e. The molecule has 8 heteroatoms. The molecule has 0 radical (unpaired) electrons. The fourth-order valence-electron chi connectivity index (χ4n) is 2.91. The first kappa shape index (κ1) is 15.5. The predicted octanol–water partition coefficient (Wildman–Crippen LogP) is 1.51.